The molecule has 2 rings (SSSR count). The third-order valence-corrected chi connectivity index (χ3v) is 3.06. The molecule has 0 heterocycles. The number of hydrogen-bond acceptors (Lipinski definition) is 2. The molecule has 0 saturated heterocycles. The molecule has 1 saturated carbocycles. The van der Waals surface area contributed by atoms with E-state index in [1.54, 1.807) is 0 Å². The molecular weight excluding hydrogens is 198 g/mol. The zero-order valence-electron chi connectivity index (χ0n) is 9.99. The second-order valence-corrected chi connectivity index (χ2v) is 4.67. The van der Waals surface area contributed by atoms with E-state index in [-0.39, 0.29) is 6.04 Å². The molecule has 16 heavy (non-hydrogen) atoms. The summed E-state index contributed by atoms with van der Waals surface area (Å²) >= 11 is 0. The van der Waals surface area contributed by atoms with Crippen molar-refractivity contribution < 1.29 is 4.74 Å². The van der Waals surface area contributed by atoms with Gasteiger partial charge in [0.1, 0.15) is 5.75 Å². The van der Waals surface area contributed by atoms with E-state index in [9.17, 15) is 0 Å². The minimum atomic E-state index is 0.139. The molecule has 0 bridgehead atoms. The van der Waals surface area contributed by atoms with Crippen molar-refractivity contribution in [2.75, 3.05) is 6.61 Å². The Bertz CT molecular complexity index is 333. The number of para-hydroxylation sites is 1. The van der Waals surface area contributed by atoms with E-state index in [1.807, 2.05) is 18.2 Å². The molecule has 1 aliphatic rings. The monoisotopic (exact) mass is 219 g/mol. The highest BCUT2D eigenvalue weighted by atomic mass is 16.5. The lowest BCUT2D eigenvalue weighted by Crippen LogP contribution is -2.13. The number of hydrogen-bond donors (Lipinski definition) is 1. The van der Waals surface area contributed by atoms with Gasteiger partial charge in [0.05, 0.1) is 6.61 Å². The van der Waals surface area contributed by atoms with E-state index >= 15 is 0 Å². The molecule has 2 N–H and O–H groups in total. The van der Waals surface area contributed by atoms with Crippen LogP contribution < -0.4 is 10.5 Å². The first-order valence-corrected chi connectivity index (χ1v) is 6.28. The SMILES string of the molecule is CCCOc1ccccc1C(N)CC1CC1. The molecule has 0 amide bonds. The summed E-state index contributed by atoms with van der Waals surface area (Å²) < 4.78 is 5.73. The van der Waals surface area contributed by atoms with Crippen LogP contribution >= 0.6 is 0 Å². The molecule has 1 aromatic carbocycles. The predicted octanol–water partition coefficient (Wildman–Crippen LogP) is 3.28. The van der Waals surface area contributed by atoms with Crippen molar-refractivity contribution in [3.63, 3.8) is 0 Å². The van der Waals surface area contributed by atoms with Crippen molar-refractivity contribution in [3.8, 4) is 5.75 Å². The fourth-order valence-electron chi connectivity index (χ4n) is 1.97. The van der Waals surface area contributed by atoms with Gasteiger partial charge in [-0.05, 0) is 24.8 Å². The third kappa shape index (κ3) is 2.99. The van der Waals surface area contributed by atoms with Crippen LogP contribution in [0.2, 0.25) is 0 Å². The molecule has 0 aliphatic heterocycles. The molecule has 1 fully saturated rings. The zero-order valence-corrected chi connectivity index (χ0v) is 9.99. The Morgan fingerprint density at radius 2 is 2.12 bits per heavy atom. The van der Waals surface area contributed by atoms with Gasteiger partial charge in [-0.2, -0.15) is 0 Å². The molecule has 1 atom stereocenters. The molecular formula is C14H21NO. The average Bonchev–Trinajstić information content (AvgIpc) is 3.10. The Balaban J connectivity index is 2.04. The van der Waals surface area contributed by atoms with Gasteiger partial charge in [-0.15, -0.1) is 0 Å². The van der Waals surface area contributed by atoms with E-state index in [1.165, 1.54) is 18.4 Å². The number of nitrogens with two attached hydrogens (primary N) is 1. The first kappa shape index (κ1) is 11.5. The normalized spacial score (nSPS) is 17.1. The molecule has 0 spiro atoms. The second kappa shape index (κ2) is 5.35. The van der Waals surface area contributed by atoms with Gasteiger partial charge in [0, 0.05) is 11.6 Å². The molecule has 1 unspecified atom stereocenters. The maximum atomic E-state index is 6.23. The lowest BCUT2D eigenvalue weighted by atomic mass is 10.0. The fraction of sp³-hybridized carbons (Fsp3) is 0.571. The lowest BCUT2D eigenvalue weighted by molar-refractivity contribution is 0.311. The average molecular weight is 219 g/mol. The van der Waals surface area contributed by atoms with Crippen molar-refractivity contribution in [2.24, 2.45) is 11.7 Å². The highest BCUT2D eigenvalue weighted by molar-refractivity contribution is 5.35. The van der Waals surface area contributed by atoms with E-state index in [4.69, 9.17) is 10.5 Å². The molecule has 1 aromatic rings. The van der Waals surface area contributed by atoms with Crippen molar-refractivity contribution in [3.05, 3.63) is 29.8 Å². The van der Waals surface area contributed by atoms with E-state index in [0.717, 1.165) is 31.1 Å². The summed E-state index contributed by atoms with van der Waals surface area (Å²) in [7, 11) is 0. The van der Waals surface area contributed by atoms with Gasteiger partial charge in [-0.1, -0.05) is 38.0 Å². The second-order valence-electron chi connectivity index (χ2n) is 4.67. The molecule has 0 aromatic heterocycles. The largest absolute Gasteiger partial charge is 0.493 e. The van der Waals surface area contributed by atoms with Gasteiger partial charge >= 0.3 is 0 Å². The van der Waals surface area contributed by atoms with E-state index in [2.05, 4.69) is 13.0 Å². The van der Waals surface area contributed by atoms with Crippen molar-refractivity contribution in [2.45, 2.75) is 38.6 Å². The Hall–Kier alpha value is -1.02. The summed E-state index contributed by atoms with van der Waals surface area (Å²) in [5.41, 5.74) is 7.40. The first-order chi connectivity index (χ1) is 7.81. The van der Waals surface area contributed by atoms with Crippen LogP contribution in [0.1, 0.15) is 44.2 Å². The summed E-state index contributed by atoms with van der Waals surface area (Å²) in [5.74, 6) is 1.83. The number of benzene rings is 1. The van der Waals surface area contributed by atoms with Crippen molar-refractivity contribution in [1.82, 2.24) is 0 Å². The van der Waals surface area contributed by atoms with E-state index < -0.39 is 0 Å². The maximum absolute atomic E-state index is 6.23. The third-order valence-electron chi connectivity index (χ3n) is 3.06. The Kier molecular flexibility index (Phi) is 3.83. The van der Waals surface area contributed by atoms with Gasteiger partial charge in [0.15, 0.2) is 0 Å². The van der Waals surface area contributed by atoms with Crippen LogP contribution in [0, 0.1) is 5.92 Å². The van der Waals surface area contributed by atoms with E-state index in [0.29, 0.717) is 0 Å². The number of rotatable bonds is 6. The van der Waals surface area contributed by atoms with Crippen LogP contribution in [0.3, 0.4) is 0 Å². The van der Waals surface area contributed by atoms with Crippen LogP contribution in [0.5, 0.6) is 5.75 Å². The molecule has 0 radical (unpaired) electrons. The summed E-state index contributed by atoms with van der Waals surface area (Å²) in [6, 6.07) is 8.32. The van der Waals surface area contributed by atoms with Crippen molar-refractivity contribution >= 4 is 0 Å². The summed E-state index contributed by atoms with van der Waals surface area (Å²) in [4.78, 5) is 0. The quantitative estimate of drug-likeness (QED) is 0.797. The topological polar surface area (TPSA) is 35.2 Å². The first-order valence-electron chi connectivity index (χ1n) is 6.28. The van der Waals surface area contributed by atoms with Crippen LogP contribution in [-0.4, -0.2) is 6.61 Å². The standard InChI is InChI=1S/C14H21NO/c1-2-9-16-14-6-4-3-5-12(14)13(15)10-11-7-8-11/h3-6,11,13H,2,7-10,15H2,1H3. The predicted molar refractivity (Wildman–Crippen MR) is 66.5 cm³/mol. The fourth-order valence-corrected chi connectivity index (χ4v) is 1.97. The lowest BCUT2D eigenvalue weighted by Gasteiger charge is -2.16. The Labute approximate surface area is 97.8 Å². The van der Waals surface area contributed by atoms with Crippen molar-refractivity contribution in [1.29, 1.82) is 0 Å². The van der Waals surface area contributed by atoms with Gasteiger partial charge in [0.2, 0.25) is 0 Å². The molecule has 1 aliphatic carbocycles. The Morgan fingerprint density at radius 3 is 2.81 bits per heavy atom. The summed E-state index contributed by atoms with van der Waals surface area (Å²) in [6.07, 6.45) is 4.84. The van der Waals surface area contributed by atoms with Gasteiger partial charge < -0.3 is 10.5 Å². The van der Waals surface area contributed by atoms with Gasteiger partial charge in [-0.25, -0.2) is 0 Å². The van der Waals surface area contributed by atoms with Gasteiger partial charge in [0.25, 0.3) is 0 Å². The number of ether oxygens (including phenoxy) is 1. The van der Waals surface area contributed by atoms with Crippen LogP contribution in [-0.2, 0) is 0 Å². The minimum absolute atomic E-state index is 0.139. The highest BCUT2D eigenvalue weighted by Gasteiger charge is 2.25. The molecule has 2 heteroatoms. The molecule has 2 nitrogen and oxygen atoms in total. The maximum Gasteiger partial charge on any atom is 0.124 e. The highest BCUT2D eigenvalue weighted by Crippen LogP contribution is 2.38. The van der Waals surface area contributed by atoms with Gasteiger partial charge in [-0.3, -0.25) is 0 Å². The smallest absolute Gasteiger partial charge is 0.124 e. The zero-order chi connectivity index (χ0) is 11.4. The van der Waals surface area contributed by atoms with Crippen LogP contribution in [0.25, 0.3) is 0 Å². The van der Waals surface area contributed by atoms with Crippen LogP contribution in [0.15, 0.2) is 24.3 Å². The molecule has 88 valence electrons. The van der Waals surface area contributed by atoms with Crippen LogP contribution in [0.4, 0.5) is 0 Å². The summed E-state index contributed by atoms with van der Waals surface area (Å²) in [6.45, 7) is 2.89. The minimum Gasteiger partial charge on any atom is -0.493 e. The summed E-state index contributed by atoms with van der Waals surface area (Å²) in [5, 5.41) is 0. The Morgan fingerprint density at radius 1 is 1.38 bits per heavy atom.